The van der Waals surface area contributed by atoms with Crippen molar-refractivity contribution in [1.29, 1.82) is 0 Å². The van der Waals surface area contributed by atoms with Crippen molar-refractivity contribution in [1.82, 2.24) is 5.32 Å². The molecule has 2 fully saturated rings. The predicted molar refractivity (Wildman–Crippen MR) is 87.0 cm³/mol. The zero-order valence-corrected chi connectivity index (χ0v) is 14.1. The van der Waals surface area contributed by atoms with Crippen LogP contribution in [0.5, 0.6) is 0 Å². The second kappa shape index (κ2) is 4.59. The van der Waals surface area contributed by atoms with Crippen molar-refractivity contribution < 1.29 is 18.8 Å². The monoisotopic (exact) mass is 315 g/mol. The van der Waals surface area contributed by atoms with Gasteiger partial charge in [0.05, 0.1) is 29.8 Å². The summed E-state index contributed by atoms with van der Waals surface area (Å²) in [5.41, 5.74) is 1.91. The van der Waals surface area contributed by atoms with E-state index in [0.717, 1.165) is 16.6 Å². The molecule has 1 aromatic rings. The van der Waals surface area contributed by atoms with E-state index < -0.39 is 7.12 Å². The smallest absolute Gasteiger partial charge is 0.399 e. The van der Waals surface area contributed by atoms with Crippen LogP contribution in [-0.4, -0.2) is 44.0 Å². The highest BCUT2D eigenvalue weighted by molar-refractivity contribution is 6.62. The van der Waals surface area contributed by atoms with Gasteiger partial charge in [0.2, 0.25) is 0 Å². The van der Waals surface area contributed by atoms with Crippen LogP contribution in [0.3, 0.4) is 0 Å². The summed E-state index contributed by atoms with van der Waals surface area (Å²) in [5.74, 6) is -0.0157. The molecule has 23 heavy (non-hydrogen) atoms. The van der Waals surface area contributed by atoms with Crippen molar-refractivity contribution in [3.8, 4) is 0 Å². The molecule has 1 amide bonds. The summed E-state index contributed by atoms with van der Waals surface area (Å²) in [6.45, 7) is 10.1. The number of fused-ring (bicyclic) bond motifs is 2. The molecule has 6 heteroatoms. The van der Waals surface area contributed by atoms with E-state index in [1.54, 1.807) is 0 Å². The van der Waals surface area contributed by atoms with E-state index in [9.17, 15) is 4.79 Å². The third-order valence-electron chi connectivity index (χ3n) is 5.73. The van der Waals surface area contributed by atoms with Crippen LogP contribution >= 0.6 is 0 Å². The van der Waals surface area contributed by atoms with Gasteiger partial charge in [0.15, 0.2) is 0 Å². The summed E-state index contributed by atoms with van der Waals surface area (Å²) in [4.78, 5) is 12.1. The topological polar surface area (TPSA) is 56.8 Å². The molecule has 0 bridgehead atoms. The fraction of sp³-hybridized carbons (Fsp3) is 0.588. The summed E-state index contributed by atoms with van der Waals surface area (Å²) < 4.78 is 17.7. The minimum absolute atomic E-state index is 0.0157. The van der Waals surface area contributed by atoms with Gasteiger partial charge in [-0.15, -0.1) is 0 Å². The lowest BCUT2D eigenvalue weighted by atomic mass is 9.69. The summed E-state index contributed by atoms with van der Waals surface area (Å²) in [6.07, 6.45) is 0. The molecule has 3 aliphatic heterocycles. The number of carbonyl (C=O) groups is 1. The normalized spacial score (nSPS) is 26.6. The predicted octanol–water partition coefficient (Wildman–Crippen LogP) is 0.997. The minimum Gasteiger partial charge on any atom is -0.399 e. The van der Waals surface area contributed by atoms with Gasteiger partial charge in [-0.1, -0.05) is 12.1 Å². The highest BCUT2D eigenvalue weighted by atomic mass is 16.7. The van der Waals surface area contributed by atoms with Crippen LogP contribution < -0.4 is 10.8 Å². The quantitative estimate of drug-likeness (QED) is 0.786. The van der Waals surface area contributed by atoms with Gasteiger partial charge in [-0.3, -0.25) is 4.79 Å². The molecule has 1 N–H and O–H groups in total. The van der Waals surface area contributed by atoms with Crippen LogP contribution in [-0.2, 0) is 19.5 Å². The molecule has 3 aliphatic rings. The molecular weight excluding hydrogens is 293 g/mol. The average Bonchev–Trinajstić information content (AvgIpc) is 2.66. The van der Waals surface area contributed by atoms with E-state index in [0.29, 0.717) is 19.8 Å². The van der Waals surface area contributed by atoms with Crippen LogP contribution in [0.25, 0.3) is 0 Å². The van der Waals surface area contributed by atoms with Crippen molar-refractivity contribution >= 4 is 18.5 Å². The maximum absolute atomic E-state index is 12.1. The van der Waals surface area contributed by atoms with Crippen molar-refractivity contribution in [2.75, 3.05) is 19.8 Å². The number of hydrogen-bond acceptors (Lipinski definition) is 4. The highest BCUT2D eigenvalue weighted by Crippen LogP contribution is 2.39. The third-order valence-corrected chi connectivity index (χ3v) is 5.73. The standard InChI is InChI=1S/C17H22BNO4/c1-15(2)16(3,4)23-18(22-15)11-5-6-12-13(7-11)17(9-21-10-17)8-19-14(12)20/h5-7H,8-10H2,1-4H3,(H,19,20). The van der Waals surface area contributed by atoms with Gasteiger partial charge in [0.25, 0.3) is 5.91 Å². The average molecular weight is 315 g/mol. The van der Waals surface area contributed by atoms with E-state index >= 15 is 0 Å². The second-order valence-corrected chi connectivity index (χ2v) is 7.85. The fourth-order valence-corrected chi connectivity index (χ4v) is 3.37. The van der Waals surface area contributed by atoms with Crippen LogP contribution in [0.15, 0.2) is 18.2 Å². The van der Waals surface area contributed by atoms with Gasteiger partial charge in [-0.2, -0.15) is 0 Å². The first kappa shape index (κ1) is 15.2. The molecule has 0 saturated carbocycles. The fourth-order valence-electron chi connectivity index (χ4n) is 3.37. The molecule has 1 spiro atoms. The van der Waals surface area contributed by atoms with Crippen molar-refractivity contribution in [3.63, 3.8) is 0 Å². The summed E-state index contributed by atoms with van der Waals surface area (Å²) in [7, 11) is -0.409. The molecule has 0 atom stereocenters. The Morgan fingerprint density at radius 1 is 1.09 bits per heavy atom. The van der Waals surface area contributed by atoms with Gasteiger partial charge in [0.1, 0.15) is 0 Å². The Balaban J connectivity index is 1.73. The van der Waals surface area contributed by atoms with Crippen LogP contribution in [0.4, 0.5) is 0 Å². The Morgan fingerprint density at radius 3 is 2.30 bits per heavy atom. The number of hydrogen-bond donors (Lipinski definition) is 1. The molecule has 0 aliphatic carbocycles. The maximum atomic E-state index is 12.1. The lowest BCUT2D eigenvalue weighted by molar-refractivity contribution is -0.0602. The number of rotatable bonds is 1. The minimum atomic E-state index is -0.409. The summed E-state index contributed by atoms with van der Waals surface area (Å²) in [6, 6.07) is 5.88. The molecule has 122 valence electrons. The van der Waals surface area contributed by atoms with Crippen LogP contribution in [0, 0.1) is 0 Å². The van der Waals surface area contributed by atoms with Gasteiger partial charge >= 0.3 is 7.12 Å². The van der Waals surface area contributed by atoms with Gasteiger partial charge in [0, 0.05) is 12.1 Å². The molecular formula is C17H22BNO4. The molecule has 1 aromatic carbocycles. The van der Waals surface area contributed by atoms with Crippen LogP contribution in [0.2, 0.25) is 0 Å². The van der Waals surface area contributed by atoms with E-state index in [4.69, 9.17) is 14.0 Å². The largest absolute Gasteiger partial charge is 0.494 e. The van der Waals surface area contributed by atoms with Crippen molar-refractivity contribution in [2.24, 2.45) is 0 Å². The molecule has 2 saturated heterocycles. The van der Waals surface area contributed by atoms with E-state index in [1.807, 2.05) is 39.8 Å². The maximum Gasteiger partial charge on any atom is 0.494 e. The lowest BCUT2D eigenvalue weighted by Crippen LogP contribution is -2.58. The Morgan fingerprint density at radius 2 is 1.74 bits per heavy atom. The Bertz CT molecular complexity index is 665. The van der Waals surface area contributed by atoms with Crippen molar-refractivity contribution in [2.45, 2.75) is 44.3 Å². The first-order valence-corrected chi connectivity index (χ1v) is 8.10. The molecule has 5 nitrogen and oxygen atoms in total. The zero-order valence-electron chi connectivity index (χ0n) is 14.1. The highest BCUT2D eigenvalue weighted by Gasteiger charge is 2.52. The first-order valence-electron chi connectivity index (χ1n) is 8.10. The van der Waals surface area contributed by atoms with Gasteiger partial charge in [-0.05, 0) is 44.8 Å². The number of nitrogens with one attached hydrogen (secondary N) is 1. The second-order valence-electron chi connectivity index (χ2n) is 7.85. The number of carbonyl (C=O) groups excluding carboxylic acids is 1. The van der Waals surface area contributed by atoms with Gasteiger partial charge < -0.3 is 19.4 Å². The van der Waals surface area contributed by atoms with Crippen molar-refractivity contribution in [3.05, 3.63) is 29.3 Å². The lowest BCUT2D eigenvalue weighted by Gasteiger charge is -2.45. The van der Waals surface area contributed by atoms with Gasteiger partial charge in [-0.25, -0.2) is 0 Å². The Kier molecular flexibility index (Phi) is 3.03. The summed E-state index contributed by atoms with van der Waals surface area (Å²) in [5, 5.41) is 2.96. The molecule has 3 heterocycles. The number of benzene rings is 1. The molecule has 0 aromatic heterocycles. The zero-order chi connectivity index (χ0) is 16.5. The first-order chi connectivity index (χ1) is 10.7. The van der Waals surface area contributed by atoms with E-state index in [1.165, 1.54) is 0 Å². The SMILES string of the molecule is CC1(C)OB(c2ccc3c(c2)C2(CNC3=O)COC2)OC1(C)C. The molecule has 4 rings (SSSR count). The number of ether oxygens (including phenoxy) is 1. The van der Waals surface area contributed by atoms with Crippen LogP contribution in [0.1, 0.15) is 43.6 Å². The third kappa shape index (κ3) is 2.08. The molecule has 0 unspecified atom stereocenters. The molecule has 0 radical (unpaired) electrons. The van der Waals surface area contributed by atoms with E-state index in [2.05, 4.69) is 11.4 Å². The Hall–Kier alpha value is -1.37. The number of amides is 1. The Labute approximate surface area is 136 Å². The summed E-state index contributed by atoms with van der Waals surface area (Å²) >= 11 is 0. The van der Waals surface area contributed by atoms with E-state index in [-0.39, 0.29) is 22.5 Å².